The van der Waals surface area contributed by atoms with E-state index in [-0.39, 0.29) is 72.5 Å². The van der Waals surface area contributed by atoms with Crippen LogP contribution in [0.4, 0.5) is 0 Å². The van der Waals surface area contributed by atoms with Gasteiger partial charge in [-0.25, -0.2) is 0 Å². The van der Waals surface area contributed by atoms with E-state index in [9.17, 15) is 9.69 Å². The summed E-state index contributed by atoms with van der Waals surface area (Å²) in [4.78, 5) is 31.1. The molecule has 9 nitrogen and oxygen atoms in total. The Kier molecular flexibility index (Phi) is 9.45. The van der Waals surface area contributed by atoms with Crippen LogP contribution >= 0.6 is 17.4 Å². The molecule has 0 saturated carbocycles. The molecule has 12 atom stereocenters. The number of pyridine rings is 1. The fourth-order valence-electron chi connectivity index (χ4n) is 7.24. The molecule has 0 bridgehead atoms. The molecule has 232 valence electrons. The topological polar surface area (TPSA) is 109 Å². The van der Waals surface area contributed by atoms with Gasteiger partial charge in [-0.05, 0) is 48.4 Å². The Hall–Kier alpha value is -1.67. The summed E-state index contributed by atoms with van der Waals surface area (Å²) in [5, 5.41) is 0. The van der Waals surface area contributed by atoms with E-state index in [1.807, 2.05) is 32.1 Å². The van der Waals surface area contributed by atoms with Crippen LogP contribution in [0.5, 0.6) is 0 Å². The fraction of sp³-hybridized carbons (Fsp3) is 0.594. The Morgan fingerprint density at radius 2 is 1.84 bits per heavy atom. The van der Waals surface area contributed by atoms with Crippen molar-refractivity contribution < 1.29 is 32.7 Å². The highest BCUT2D eigenvalue weighted by Gasteiger charge is 2.49. The van der Waals surface area contributed by atoms with Gasteiger partial charge in [0, 0.05) is 43.3 Å². The Labute approximate surface area is 257 Å². The summed E-state index contributed by atoms with van der Waals surface area (Å²) < 4.78 is 31.5. The summed E-state index contributed by atoms with van der Waals surface area (Å²) in [7, 11) is -1.86. The number of rotatable bonds is 10. The summed E-state index contributed by atoms with van der Waals surface area (Å²) in [6, 6.07) is 2.03. The number of ketones is 1. The maximum Gasteiger partial charge on any atom is 0.185 e. The molecule has 5 aliphatic rings. The third-order valence-electron chi connectivity index (χ3n) is 9.84. The van der Waals surface area contributed by atoms with Crippen molar-refractivity contribution >= 4 is 35.5 Å². The molecule has 0 radical (unpaired) electrons. The van der Waals surface area contributed by atoms with E-state index in [2.05, 4.69) is 55.9 Å². The Morgan fingerprint density at radius 1 is 1.07 bits per heavy atom. The van der Waals surface area contributed by atoms with Gasteiger partial charge in [0.25, 0.3) is 0 Å². The summed E-state index contributed by atoms with van der Waals surface area (Å²) >= 11 is 0. The zero-order chi connectivity index (χ0) is 30.4. The first-order valence-electron chi connectivity index (χ1n) is 15.2. The SMILES string of the molecule is CC1=CC2=C(N=CC2[C@@H]2O[C@H](COP(C)O[C@@H]3C(C)[C@H](C4C=Cc5c(C)ccnc54)O[C@@H]3COPO)[C@H](C)C2C)C(=O)C1. The van der Waals surface area contributed by atoms with Crippen molar-refractivity contribution in [3.63, 3.8) is 0 Å². The molecular weight excluding hydrogens is 586 g/mol. The molecule has 3 aliphatic heterocycles. The van der Waals surface area contributed by atoms with Crippen LogP contribution < -0.4 is 0 Å². The third kappa shape index (κ3) is 6.01. The van der Waals surface area contributed by atoms with Gasteiger partial charge < -0.3 is 27.9 Å². The average Bonchev–Trinajstić information content (AvgIpc) is 3.73. The second kappa shape index (κ2) is 13.0. The number of nitrogens with zero attached hydrogens (tertiary/aromatic N) is 2. The molecule has 4 heterocycles. The number of hydrogen-bond acceptors (Lipinski definition) is 9. The highest BCUT2D eigenvalue weighted by molar-refractivity contribution is 7.46. The number of Topliss-reactive ketones (excluding diaryl/α,β-unsaturated/α-hetero) is 1. The van der Waals surface area contributed by atoms with E-state index in [0.717, 1.165) is 22.4 Å². The van der Waals surface area contributed by atoms with Crippen molar-refractivity contribution in [2.75, 3.05) is 19.9 Å². The maximum atomic E-state index is 12.5. The van der Waals surface area contributed by atoms with Crippen LogP contribution in [-0.2, 0) is 27.8 Å². The molecule has 0 spiro atoms. The van der Waals surface area contributed by atoms with Gasteiger partial charge in [0.15, 0.2) is 23.2 Å². The average molecular weight is 629 g/mol. The predicted octanol–water partition coefficient (Wildman–Crippen LogP) is 5.68. The predicted molar refractivity (Wildman–Crippen MR) is 168 cm³/mol. The van der Waals surface area contributed by atoms with Crippen molar-refractivity contribution in [3.05, 3.63) is 58.1 Å². The molecule has 0 aromatic carbocycles. The molecule has 1 N–H and O–H groups in total. The largest absolute Gasteiger partial charge is 0.371 e. The molecule has 2 fully saturated rings. The van der Waals surface area contributed by atoms with Crippen LogP contribution in [0, 0.1) is 30.6 Å². The lowest BCUT2D eigenvalue weighted by Crippen LogP contribution is -2.31. The molecule has 6 rings (SSSR count). The molecule has 11 heteroatoms. The zero-order valence-electron chi connectivity index (χ0n) is 25.6. The van der Waals surface area contributed by atoms with E-state index in [4.69, 9.17) is 23.0 Å². The van der Waals surface area contributed by atoms with Crippen LogP contribution in [-0.4, -0.2) is 72.3 Å². The van der Waals surface area contributed by atoms with Gasteiger partial charge in [0.2, 0.25) is 0 Å². The van der Waals surface area contributed by atoms with Crippen LogP contribution in [0.15, 0.2) is 46.3 Å². The van der Waals surface area contributed by atoms with Crippen molar-refractivity contribution in [2.24, 2.45) is 28.7 Å². The summed E-state index contributed by atoms with van der Waals surface area (Å²) in [6.45, 7) is 13.3. The highest BCUT2D eigenvalue weighted by atomic mass is 31.2. The molecule has 1 aromatic rings. The first-order chi connectivity index (χ1) is 20.7. The molecule has 0 amide bonds. The van der Waals surface area contributed by atoms with E-state index in [1.54, 1.807) is 0 Å². The summed E-state index contributed by atoms with van der Waals surface area (Å²) in [5.74, 6) is 0.695. The smallest absolute Gasteiger partial charge is 0.185 e. The van der Waals surface area contributed by atoms with Crippen LogP contribution in [0.3, 0.4) is 0 Å². The van der Waals surface area contributed by atoms with Gasteiger partial charge in [0.1, 0.15) is 11.8 Å². The number of carbonyl (C=O) groups is 1. The van der Waals surface area contributed by atoms with Gasteiger partial charge >= 0.3 is 0 Å². The molecule has 2 saturated heterocycles. The van der Waals surface area contributed by atoms with E-state index >= 15 is 0 Å². The van der Waals surface area contributed by atoms with Gasteiger partial charge in [-0.15, -0.1) is 0 Å². The maximum absolute atomic E-state index is 12.5. The van der Waals surface area contributed by atoms with E-state index in [0.29, 0.717) is 18.7 Å². The van der Waals surface area contributed by atoms with Gasteiger partial charge in [-0.3, -0.25) is 14.8 Å². The third-order valence-corrected chi connectivity index (χ3v) is 11.2. The second-order valence-electron chi connectivity index (χ2n) is 12.6. The highest BCUT2D eigenvalue weighted by Crippen LogP contribution is 2.48. The normalized spacial score (nSPS) is 37.6. The van der Waals surface area contributed by atoms with Crippen molar-refractivity contribution in [1.82, 2.24) is 4.98 Å². The second-order valence-corrected chi connectivity index (χ2v) is 14.4. The summed E-state index contributed by atoms with van der Waals surface area (Å²) in [5.41, 5.74) is 6.05. The molecule has 6 unspecified atom stereocenters. The number of ether oxygens (including phenoxy) is 2. The lowest BCUT2D eigenvalue weighted by molar-refractivity contribution is -0.115. The first kappa shape index (κ1) is 31.3. The first-order valence-corrected chi connectivity index (χ1v) is 17.6. The number of aryl methyl sites for hydroxylation is 1. The van der Waals surface area contributed by atoms with Crippen LogP contribution in [0.2, 0.25) is 0 Å². The Morgan fingerprint density at radius 3 is 2.63 bits per heavy atom. The number of aliphatic imine (C=N–C) groups is 1. The lowest BCUT2D eigenvalue weighted by Gasteiger charge is -2.27. The van der Waals surface area contributed by atoms with Crippen molar-refractivity contribution in [3.8, 4) is 0 Å². The van der Waals surface area contributed by atoms with E-state index < -0.39 is 17.4 Å². The minimum absolute atomic E-state index is 0.0227. The minimum Gasteiger partial charge on any atom is -0.371 e. The van der Waals surface area contributed by atoms with Crippen molar-refractivity contribution in [1.29, 1.82) is 0 Å². The standard InChI is InChI=1S/C32H42N2O7P2/c1-16-11-23-24(13-34-29(23)25(35)12-16)30-19(4)18(3)26(39-30)15-38-43(6)41-32-20(5)31(40-27(32)14-37-42-36)22-8-7-21-17(2)9-10-33-28(21)22/h7-11,13,18-20,22,24,26-27,30-32,36,42H,12,14-15H2,1-6H3/t18-,19?,20?,22?,24?,26-,27-,30-,31-,32-,43?/m1/s1. The molecule has 1 aromatic heterocycles. The molecule has 2 aliphatic carbocycles. The van der Waals surface area contributed by atoms with Gasteiger partial charge in [-0.1, -0.05) is 44.6 Å². The monoisotopic (exact) mass is 628 g/mol. The van der Waals surface area contributed by atoms with Gasteiger partial charge in [0.05, 0.1) is 43.3 Å². The fourth-order valence-corrected chi connectivity index (χ4v) is 8.57. The number of aromatic nitrogens is 1. The Balaban J connectivity index is 1.08. The van der Waals surface area contributed by atoms with Gasteiger partial charge in [-0.2, -0.15) is 0 Å². The van der Waals surface area contributed by atoms with Crippen molar-refractivity contribution in [2.45, 2.75) is 77.5 Å². The number of fused-ring (bicyclic) bond motifs is 1. The van der Waals surface area contributed by atoms with E-state index in [1.165, 1.54) is 5.56 Å². The molecule has 43 heavy (non-hydrogen) atoms. The quantitative estimate of drug-likeness (QED) is 0.330. The molecular formula is C32H42N2O7P2. The summed E-state index contributed by atoms with van der Waals surface area (Å²) in [6.07, 6.45) is 9.74. The minimum atomic E-state index is -1.25. The van der Waals surface area contributed by atoms with Crippen LogP contribution in [0.25, 0.3) is 6.08 Å². The van der Waals surface area contributed by atoms with Crippen LogP contribution in [0.1, 0.15) is 56.9 Å². The number of allylic oxidation sites excluding steroid dienone is 3. The Bertz CT molecular complexity index is 1360. The zero-order valence-corrected chi connectivity index (χ0v) is 27.5. The lowest BCUT2D eigenvalue weighted by atomic mass is 9.80. The number of hydrogen-bond donors (Lipinski definition) is 1. The number of carbonyl (C=O) groups excluding carboxylic acids is 1.